The number of para-hydroxylation sites is 1. The molecular formula is C12H13IN2O2S2. The maximum atomic E-state index is 12.2. The number of anilines is 1. The molecule has 0 unspecified atom stereocenters. The van der Waals surface area contributed by atoms with E-state index in [0.717, 1.165) is 9.13 Å². The largest absolute Gasteiger partial charge is 0.316 e. The van der Waals surface area contributed by atoms with Crippen LogP contribution in [-0.2, 0) is 16.6 Å². The van der Waals surface area contributed by atoms with Crippen LogP contribution in [0.15, 0.2) is 39.9 Å². The molecule has 2 N–H and O–H groups in total. The third-order valence-electron chi connectivity index (χ3n) is 2.39. The molecule has 0 aliphatic carbocycles. The van der Waals surface area contributed by atoms with Crippen LogP contribution in [0, 0.1) is 3.57 Å². The van der Waals surface area contributed by atoms with E-state index < -0.39 is 10.0 Å². The zero-order valence-corrected chi connectivity index (χ0v) is 14.0. The van der Waals surface area contributed by atoms with Gasteiger partial charge < -0.3 is 5.32 Å². The van der Waals surface area contributed by atoms with E-state index in [4.69, 9.17) is 0 Å². The van der Waals surface area contributed by atoms with Crippen LogP contribution < -0.4 is 10.0 Å². The lowest BCUT2D eigenvalue weighted by molar-refractivity contribution is 0.603. The fourth-order valence-corrected chi connectivity index (χ4v) is 4.52. The average Bonchev–Trinajstić information content (AvgIpc) is 2.82. The van der Waals surface area contributed by atoms with Gasteiger partial charge in [-0.3, -0.25) is 4.72 Å². The van der Waals surface area contributed by atoms with Gasteiger partial charge in [0.25, 0.3) is 10.0 Å². The highest BCUT2D eigenvalue weighted by Gasteiger charge is 2.17. The molecule has 19 heavy (non-hydrogen) atoms. The van der Waals surface area contributed by atoms with Crippen LogP contribution in [0.4, 0.5) is 5.69 Å². The number of hydrogen-bond donors (Lipinski definition) is 2. The normalized spacial score (nSPS) is 11.5. The number of rotatable bonds is 5. The second-order valence-corrected chi connectivity index (χ2v) is 7.87. The number of halogens is 1. The van der Waals surface area contributed by atoms with Crippen molar-refractivity contribution in [3.63, 3.8) is 0 Å². The molecule has 0 saturated carbocycles. The van der Waals surface area contributed by atoms with Crippen molar-refractivity contribution in [3.05, 3.63) is 44.8 Å². The van der Waals surface area contributed by atoms with E-state index >= 15 is 0 Å². The van der Waals surface area contributed by atoms with Gasteiger partial charge in [-0.15, -0.1) is 11.3 Å². The molecule has 0 aliphatic rings. The molecule has 0 bridgehead atoms. The van der Waals surface area contributed by atoms with Gasteiger partial charge in [0, 0.05) is 10.1 Å². The van der Waals surface area contributed by atoms with Crippen molar-refractivity contribution in [2.24, 2.45) is 0 Å². The molecule has 0 atom stereocenters. The first-order valence-corrected chi connectivity index (χ1v) is 8.96. The van der Waals surface area contributed by atoms with Gasteiger partial charge in [-0.05, 0) is 58.8 Å². The molecule has 0 radical (unpaired) electrons. The second kappa shape index (κ2) is 6.21. The molecule has 1 aromatic heterocycles. The van der Waals surface area contributed by atoms with Gasteiger partial charge in [0.05, 0.1) is 5.69 Å². The summed E-state index contributed by atoms with van der Waals surface area (Å²) in [6, 6.07) is 8.98. The van der Waals surface area contributed by atoms with E-state index in [2.05, 4.69) is 32.6 Å². The summed E-state index contributed by atoms with van der Waals surface area (Å²) in [6.45, 7) is 0.662. The fraction of sp³-hybridized carbons (Fsp3) is 0.167. The van der Waals surface area contributed by atoms with Crippen molar-refractivity contribution < 1.29 is 8.42 Å². The van der Waals surface area contributed by atoms with Crippen LogP contribution in [0.2, 0.25) is 0 Å². The summed E-state index contributed by atoms with van der Waals surface area (Å²) >= 11 is 3.33. The van der Waals surface area contributed by atoms with Crippen LogP contribution >= 0.6 is 33.9 Å². The summed E-state index contributed by atoms with van der Waals surface area (Å²) in [5.41, 5.74) is 1.57. The highest BCUT2D eigenvalue weighted by molar-refractivity contribution is 14.1. The van der Waals surface area contributed by atoms with Gasteiger partial charge in [-0.2, -0.15) is 0 Å². The lowest BCUT2D eigenvalue weighted by Crippen LogP contribution is -2.12. The van der Waals surface area contributed by atoms with E-state index in [9.17, 15) is 8.42 Å². The van der Waals surface area contributed by atoms with Crippen LogP contribution in [0.1, 0.15) is 5.56 Å². The Labute approximate surface area is 130 Å². The summed E-state index contributed by atoms with van der Waals surface area (Å²) in [7, 11) is -1.67. The van der Waals surface area contributed by atoms with Crippen LogP contribution in [0.3, 0.4) is 0 Å². The Morgan fingerprint density at radius 3 is 2.74 bits per heavy atom. The Morgan fingerprint density at radius 2 is 2.05 bits per heavy atom. The molecule has 0 amide bonds. The Morgan fingerprint density at radius 1 is 1.32 bits per heavy atom. The van der Waals surface area contributed by atoms with Gasteiger partial charge in [0.15, 0.2) is 0 Å². The first-order chi connectivity index (χ1) is 9.03. The van der Waals surface area contributed by atoms with Crippen LogP contribution in [-0.4, -0.2) is 15.5 Å². The quantitative estimate of drug-likeness (QED) is 0.749. The smallest absolute Gasteiger partial charge is 0.271 e. The Kier molecular flexibility index (Phi) is 4.82. The molecule has 0 saturated heterocycles. The van der Waals surface area contributed by atoms with E-state index in [0.29, 0.717) is 16.4 Å². The molecule has 1 heterocycles. The minimum absolute atomic E-state index is 0.331. The highest BCUT2D eigenvalue weighted by Crippen LogP contribution is 2.25. The van der Waals surface area contributed by atoms with Crippen molar-refractivity contribution in [1.29, 1.82) is 0 Å². The Hall–Kier alpha value is -0.640. The zero-order chi connectivity index (χ0) is 13.9. The van der Waals surface area contributed by atoms with E-state index in [1.165, 1.54) is 11.3 Å². The standard InChI is InChI=1S/C12H13IN2O2S2/c1-14-7-9-6-12(18-8-9)19(16,17)15-11-5-3-2-4-10(11)13/h2-6,8,14-15H,7H2,1H3. The van der Waals surface area contributed by atoms with Crippen LogP contribution in [0.5, 0.6) is 0 Å². The first-order valence-electron chi connectivity index (χ1n) is 5.52. The predicted molar refractivity (Wildman–Crippen MR) is 87.1 cm³/mol. The fourth-order valence-electron chi connectivity index (χ4n) is 1.53. The van der Waals surface area contributed by atoms with Crippen molar-refractivity contribution in [2.45, 2.75) is 10.8 Å². The monoisotopic (exact) mass is 408 g/mol. The molecule has 0 spiro atoms. The Balaban J connectivity index is 2.25. The third kappa shape index (κ3) is 3.68. The molecule has 2 rings (SSSR count). The molecule has 7 heteroatoms. The topological polar surface area (TPSA) is 58.2 Å². The average molecular weight is 408 g/mol. The number of thiophene rings is 1. The number of hydrogen-bond acceptors (Lipinski definition) is 4. The predicted octanol–water partition coefficient (Wildman–Crippen LogP) is 2.87. The lowest BCUT2D eigenvalue weighted by Gasteiger charge is -2.07. The molecule has 0 aliphatic heterocycles. The first kappa shape index (κ1) is 14.8. The molecule has 4 nitrogen and oxygen atoms in total. The summed E-state index contributed by atoms with van der Waals surface area (Å²) in [6.07, 6.45) is 0. The van der Waals surface area contributed by atoms with Crippen molar-refractivity contribution in [2.75, 3.05) is 11.8 Å². The van der Waals surface area contributed by atoms with E-state index in [1.54, 1.807) is 18.2 Å². The SMILES string of the molecule is CNCc1csc(S(=O)(=O)Nc2ccccc2I)c1. The summed E-state index contributed by atoms with van der Waals surface area (Å²) in [5, 5.41) is 4.85. The highest BCUT2D eigenvalue weighted by atomic mass is 127. The lowest BCUT2D eigenvalue weighted by atomic mass is 10.3. The molecule has 1 aromatic carbocycles. The molecule has 102 valence electrons. The Bertz CT molecular complexity index is 668. The van der Waals surface area contributed by atoms with Crippen molar-refractivity contribution in [1.82, 2.24) is 5.32 Å². The van der Waals surface area contributed by atoms with Crippen LogP contribution in [0.25, 0.3) is 0 Å². The minimum atomic E-state index is -3.50. The third-order valence-corrected chi connectivity index (χ3v) is 6.19. The molecule has 2 aromatic rings. The van der Waals surface area contributed by atoms with Gasteiger partial charge in [-0.1, -0.05) is 12.1 Å². The van der Waals surface area contributed by atoms with Gasteiger partial charge in [0.2, 0.25) is 0 Å². The van der Waals surface area contributed by atoms with E-state index in [-0.39, 0.29) is 0 Å². The summed E-state index contributed by atoms with van der Waals surface area (Å²) < 4.78 is 28.3. The molecular weight excluding hydrogens is 395 g/mol. The van der Waals surface area contributed by atoms with Gasteiger partial charge in [-0.25, -0.2) is 8.42 Å². The van der Waals surface area contributed by atoms with E-state index in [1.807, 2.05) is 24.6 Å². The zero-order valence-electron chi connectivity index (χ0n) is 10.2. The maximum Gasteiger partial charge on any atom is 0.271 e. The maximum absolute atomic E-state index is 12.2. The number of benzene rings is 1. The number of nitrogens with one attached hydrogen (secondary N) is 2. The second-order valence-electron chi connectivity index (χ2n) is 3.89. The van der Waals surface area contributed by atoms with Crippen molar-refractivity contribution >= 4 is 49.6 Å². The minimum Gasteiger partial charge on any atom is -0.316 e. The van der Waals surface area contributed by atoms with Gasteiger partial charge in [0.1, 0.15) is 4.21 Å². The number of sulfonamides is 1. The summed E-state index contributed by atoms with van der Waals surface area (Å²) in [5.74, 6) is 0. The van der Waals surface area contributed by atoms with Crippen molar-refractivity contribution in [3.8, 4) is 0 Å². The summed E-state index contributed by atoms with van der Waals surface area (Å²) in [4.78, 5) is 0. The molecule has 0 fully saturated rings. The van der Waals surface area contributed by atoms with Gasteiger partial charge >= 0.3 is 0 Å².